The van der Waals surface area contributed by atoms with Gasteiger partial charge in [-0.05, 0) is 25.3 Å². The van der Waals surface area contributed by atoms with E-state index >= 15 is 0 Å². The van der Waals surface area contributed by atoms with E-state index in [1.54, 1.807) is 0 Å². The van der Waals surface area contributed by atoms with Crippen LogP contribution >= 0.6 is 0 Å². The lowest BCUT2D eigenvalue weighted by atomic mass is 9.94. The van der Waals surface area contributed by atoms with Crippen molar-refractivity contribution in [1.82, 2.24) is 5.32 Å². The minimum Gasteiger partial charge on any atom is -0.352 e. The van der Waals surface area contributed by atoms with Crippen molar-refractivity contribution in [2.45, 2.75) is 50.4 Å². The van der Waals surface area contributed by atoms with Gasteiger partial charge >= 0.3 is 0 Å². The summed E-state index contributed by atoms with van der Waals surface area (Å²) in [6.45, 7) is 8.44. The Kier molecular flexibility index (Phi) is 5.38. The molecule has 1 aliphatic heterocycles. The van der Waals surface area contributed by atoms with Crippen molar-refractivity contribution in [3.63, 3.8) is 0 Å². The van der Waals surface area contributed by atoms with Crippen molar-refractivity contribution >= 4 is 5.91 Å². The Hall–Kier alpha value is -1.13. The van der Waals surface area contributed by atoms with Crippen molar-refractivity contribution in [3.05, 3.63) is 25.3 Å². The van der Waals surface area contributed by atoms with Crippen LogP contribution in [0.5, 0.6) is 0 Å². The molecular weight excluding hydrogens is 254 g/mol. The van der Waals surface area contributed by atoms with Crippen molar-refractivity contribution in [2.24, 2.45) is 5.92 Å². The van der Waals surface area contributed by atoms with E-state index in [4.69, 9.17) is 9.47 Å². The Morgan fingerprint density at radius 1 is 1.35 bits per heavy atom. The lowest BCUT2D eigenvalue weighted by molar-refractivity contribution is -0.191. The number of rotatable bonds is 6. The van der Waals surface area contributed by atoms with E-state index in [2.05, 4.69) is 18.5 Å². The summed E-state index contributed by atoms with van der Waals surface area (Å²) in [5.41, 5.74) is 0. The molecule has 1 heterocycles. The van der Waals surface area contributed by atoms with Crippen LogP contribution in [0.2, 0.25) is 0 Å². The van der Waals surface area contributed by atoms with Gasteiger partial charge in [-0.1, -0.05) is 19.1 Å². The van der Waals surface area contributed by atoms with E-state index in [9.17, 15) is 4.79 Å². The van der Waals surface area contributed by atoms with Gasteiger partial charge in [0.1, 0.15) is 0 Å². The summed E-state index contributed by atoms with van der Waals surface area (Å²) in [6, 6.07) is 0. The molecule has 1 N–H and O–H groups in total. The third-order valence-electron chi connectivity index (χ3n) is 4.21. The first-order valence-corrected chi connectivity index (χ1v) is 7.52. The normalized spacial score (nSPS) is 26.1. The van der Waals surface area contributed by atoms with E-state index in [0.29, 0.717) is 13.2 Å². The number of carbonyl (C=O) groups is 1. The number of hydrogen-bond donors (Lipinski definition) is 1. The van der Waals surface area contributed by atoms with Crippen molar-refractivity contribution in [3.8, 4) is 0 Å². The molecule has 112 valence electrons. The lowest BCUT2D eigenvalue weighted by Gasteiger charge is -2.32. The summed E-state index contributed by atoms with van der Waals surface area (Å²) in [5.74, 6) is -0.298. The zero-order valence-electron chi connectivity index (χ0n) is 12.1. The fourth-order valence-corrected chi connectivity index (χ4v) is 3.05. The summed E-state index contributed by atoms with van der Waals surface area (Å²) in [4.78, 5) is 11.3. The highest BCUT2D eigenvalue weighted by Crippen LogP contribution is 2.39. The molecule has 1 aliphatic carbocycles. The zero-order valence-corrected chi connectivity index (χ0v) is 12.1. The molecule has 20 heavy (non-hydrogen) atoms. The second kappa shape index (κ2) is 7.04. The molecule has 1 saturated heterocycles. The fraction of sp³-hybridized carbons (Fsp3) is 0.688. The lowest BCUT2D eigenvalue weighted by Crippen LogP contribution is -2.38. The van der Waals surface area contributed by atoms with Gasteiger partial charge in [0.05, 0.1) is 12.7 Å². The molecule has 2 rings (SSSR count). The van der Waals surface area contributed by atoms with Crippen LogP contribution < -0.4 is 5.32 Å². The number of hydrogen-bond acceptors (Lipinski definition) is 3. The summed E-state index contributed by atoms with van der Waals surface area (Å²) in [6.07, 6.45) is 9.60. The van der Waals surface area contributed by atoms with Crippen LogP contribution in [0.3, 0.4) is 0 Å². The van der Waals surface area contributed by atoms with E-state index in [0.717, 1.165) is 19.3 Å². The Balaban J connectivity index is 1.91. The summed E-state index contributed by atoms with van der Waals surface area (Å²) >= 11 is 0. The van der Waals surface area contributed by atoms with Crippen LogP contribution in [-0.4, -0.2) is 30.9 Å². The first-order chi connectivity index (χ1) is 9.69. The molecule has 1 saturated carbocycles. The largest absolute Gasteiger partial charge is 0.352 e. The summed E-state index contributed by atoms with van der Waals surface area (Å²) < 4.78 is 12.2. The third-order valence-corrected chi connectivity index (χ3v) is 4.21. The quantitative estimate of drug-likeness (QED) is 0.600. The molecule has 2 atom stereocenters. The molecule has 0 aromatic rings. The van der Waals surface area contributed by atoms with E-state index in [1.807, 2.05) is 6.08 Å². The Morgan fingerprint density at radius 2 is 2.10 bits per heavy atom. The molecule has 1 spiro atoms. The maximum atomic E-state index is 11.3. The third kappa shape index (κ3) is 3.70. The van der Waals surface area contributed by atoms with Crippen LogP contribution in [0.1, 0.15) is 38.5 Å². The molecule has 2 aliphatic rings. The maximum absolute atomic E-state index is 11.3. The van der Waals surface area contributed by atoms with Crippen LogP contribution in [-0.2, 0) is 14.3 Å². The van der Waals surface area contributed by atoms with Gasteiger partial charge in [0.15, 0.2) is 5.79 Å². The van der Waals surface area contributed by atoms with Gasteiger partial charge < -0.3 is 14.8 Å². The molecule has 4 nitrogen and oxygen atoms in total. The van der Waals surface area contributed by atoms with Crippen LogP contribution in [0.25, 0.3) is 0 Å². The SMILES string of the molecule is C=CC[C@@H](CNC(=O)C=C)[C@H]1COC2(CCCCC2)O1. The highest BCUT2D eigenvalue weighted by atomic mass is 16.7. The Labute approximate surface area is 121 Å². The van der Waals surface area contributed by atoms with Gasteiger partial charge in [0.2, 0.25) is 5.91 Å². The van der Waals surface area contributed by atoms with E-state index in [1.165, 1.54) is 25.3 Å². The highest BCUT2D eigenvalue weighted by molar-refractivity contribution is 5.86. The van der Waals surface area contributed by atoms with E-state index in [-0.39, 0.29) is 23.7 Å². The number of amides is 1. The topological polar surface area (TPSA) is 47.6 Å². The molecule has 0 radical (unpaired) electrons. The Bertz CT molecular complexity index is 361. The van der Waals surface area contributed by atoms with Gasteiger partial charge in [-0.2, -0.15) is 0 Å². The first-order valence-electron chi connectivity index (χ1n) is 7.52. The molecule has 0 bridgehead atoms. The molecular formula is C16H25NO3. The molecule has 1 amide bonds. The standard InChI is InChI=1S/C16H25NO3/c1-3-8-13(11-17-15(18)4-2)14-12-19-16(20-14)9-6-5-7-10-16/h3-4,13-14H,1-2,5-12H2,(H,17,18)/t13-,14+/m0/s1. The van der Waals surface area contributed by atoms with Crippen LogP contribution in [0, 0.1) is 5.92 Å². The van der Waals surface area contributed by atoms with Gasteiger partial charge in [0.25, 0.3) is 0 Å². The monoisotopic (exact) mass is 279 g/mol. The highest BCUT2D eigenvalue weighted by Gasteiger charge is 2.44. The van der Waals surface area contributed by atoms with Crippen molar-refractivity contribution in [2.75, 3.05) is 13.2 Å². The van der Waals surface area contributed by atoms with Gasteiger partial charge in [-0.25, -0.2) is 0 Å². The van der Waals surface area contributed by atoms with Crippen molar-refractivity contribution in [1.29, 1.82) is 0 Å². The Morgan fingerprint density at radius 3 is 2.75 bits per heavy atom. The average Bonchev–Trinajstić information content (AvgIpc) is 2.87. The fourth-order valence-electron chi connectivity index (χ4n) is 3.05. The second-order valence-electron chi connectivity index (χ2n) is 5.67. The average molecular weight is 279 g/mol. The van der Waals surface area contributed by atoms with Gasteiger partial charge in [-0.3, -0.25) is 4.79 Å². The van der Waals surface area contributed by atoms with Gasteiger partial charge in [0, 0.05) is 25.3 Å². The van der Waals surface area contributed by atoms with Crippen LogP contribution in [0.15, 0.2) is 25.3 Å². The zero-order chi connectivity index (χ0) is 14.4. The molecule has 0 unspecified atom stereocenters. The predicted molar refractivity (Wildman–Crippen MR) is 78.2 cm³/mol. The summed E-state index contributed by atoms with van der Waals surface area (Å²) in [5, 5.41) is 2.85. The molecule has 0 aromatic heterocycles. The van der Waals surface area contributed by atoms with Gasteiger partial charge in [-0.15, -0.1) is 6.58 Å². The smallest absolute Gasteiger partial charge is 0.243 e. The number of ether oxygens (including phenoxy) is 2. The molecule has 0 aromatic carbocycles. The predicted octanol–water partition coefficient (Wildman–Crippen LogP) is 2.56. The van der Waals surface area contributed by atoms with E-state index < -0.39 is 0 Å². The molecule has 4 heteroatoms. The minimum atomic E-state index is -0.356. The first kappa shape index (κ1) is 15.3. The molecule has 2 fully saturated rings. The summed E-state index contributed by atoms with van der Waals surface area (Å²) in [7, 11) is 0. The second-order valence-corrected chi connectivity index (χ2v) is 5.67. The number of nitrogens with one attached hydrogen (secondary N) is 1. The number of carbonyl (C=O) groups excluding carboxylic acids is 1. The minimum absolute atomic E-state index is 0.0382. The van der Waals surface area contributed by atoms with Crippen LogP contribution in [0.4, 0.5) is 0 Å². The number of allylic oxidation sites excluding steroid dienone is 1. The maximum Gasteiger partial charge on any atom is 0.243 e. The van der Waals surface area contributed by atoms with Crippen molar-refractivity contribution < 1.29 is 14.3 Å².